The maximum atomic E-state index is 13.0. The van der Waals surface area contributed by atoms with Crippen molar-refractivity contribution in [3.05, 3.63) is 58.3 Å². The molecule has 0 N–H and O–H groups in total. The number of hydrogen-bond acceptors (Lipinski definition) is 5. The highest BCUT2D eigenvalue weighted by atomic mass is 16.7. The zero-order valence-electron chi connectivity index (χ0n) is 15.3. The summed E-state index contributed by atoms with van der Waals surface area (Å²) in [6.07, 6.45) is 3.92. The molecule has 27 heavy (non-hydrogen) atoms. The fraction of sp³-hybridized carbons (Fsp3) is 0.381. The normalized spacial score (nSPS) is 18.6. The molecular weight excluding hydrogens is 342 g/mol. The van der Waals surface area contributed by atoms with Gasteiger partial charge in [-0.1, -0.05) is 12.1 Å². The van der Waals surface area contributed by atoms with Crippen LogP contribution in [0.4, 0.5) is 0 Å². The topological polar surface area (TPSA) is 66.2 Å². The second-order valence-corrected chi connectivity index (χ2v) is 7.30. The van der Waals surface area contributed by atoms with E-state index >= 15 is 0 Å². The maximum Gasteiger partial charge on any atom is 0.261 e. The highest BCUT2D eigenvalue weighted by molar-refractivity contribution is 5.83. The van der Waals surface area contributed by atoms with Crippen molar-refractivity contribution in [1.29, 1.82) is 0 Å². The quantitative estimate of drug-likeness (QED) is 0.665. The monoisotopic (exact) mass is 363 g/mol. The lowest BCUT2D eigenvalue weighted by Gasteiger charge is -2.24. The first-order valence-electron chi connectivity index (χ1n) is 9.38. The van der Waals surface area contributed by atoms with Gasteiger partial charge < -0.3 is 9.47 Å². The Kier molecular flexibility index (Phi) is 3.84. The van der Waals surface area contributed by atoms with Gasteiger partial charge in [0.05, 0.1) is 29.8 Å². The van der Waals surface area contributed by atoms with Gasteiger partial charge in [0.25, 0.3) is 5.56 Å². The molecule has 0 saturated carbocycles. The van der Waals surface area contributed by atoms with E-state index in [1.807, 2.05) is 43.5 Å². The lowest BCUT2D eigenvalue weighted by molar-refractivity contribution is -0.165. The highest BCUT2D eigenvalue weighted by Crippen LogP contribution is 2.32. The minimum atomic E-state index is -0.552. The third kappa shape index (κ3) is 2.85. The zero-order valence-corrected chi connectivity index (χ0v) is 15.3. The Bertz CT molecular complexity index is 1070. The minimum Gasteiger partial charge on any atom is -0.347 e. The Hall–Kier alpha value is -2.57. The van der Waals surface area contributed by atoms with Gasteiger partial charge in [-0.15, -0.1) is 0 Å². The summed E-state index contributed by atoms with van der Waals surface area (Å²) < 4.78 is 13.5. The van der Waals surface area contributed by atoms with Crippen molar-refractivity contribution in [1.82, 2.24) is 14.5 Å². The fourth-order valence-corrected chi connectivity index (χ4v) is 3.98. The van der Waals surface area contributed by atoms with Gasteiger partial charge in [-0.3, -0.25) is 14.3 Å². The van der Waals surface area contributed by atoms with Crippen LogP contribution in [-0.2, 0) is 22.4 Å². The van der Waals surface area contributed by atoms with Gasteiger partial charge in [0.2, 0.25) is 0 Å². The molecule has 4 heterocycles. The molecule has 3 aromatic rings. The Labute approximate surface area is 156 Å². The molecule has 6 heteroatoms. The van der Waals surface area contributed by atoms with E-state index in [0.29, 0.717) is 38.0 Å². The van der Waals surface area contributed by atoms with Crippen molar-refractivity contribution >= 4 is 10.9 Å². The summed E-state index contributed by atoms with van der Waals surface area (Å²) in [5, 5.41) is 0.638. The molecule has 0 aliphatic carbocycles. The van der Waals surface area contributed by atoms with Gasteiger partial charge >= 0.3 is 0 Å². The Morgan fingerprint density at radius 1 is 1.11 bits per heavy atom. The molecule has 0 amide bonds. The second kappa shape index (κ2) is 6.25. The summed E-state index contributed by atoms with van der Waals surface area (Å²) in [6.45, 7) is 3.82. The first-order chi connectivity index (χ1) is 13.1. The van der Waals surface area contributed by atoms with Crippen molar-refractivity contribution in [2.24, 2.45) is 0 Å². The second-order valence-electron chi connectivity index (χ2n) is 7.30. The number of ether oxygens (including phenoxy) is 2. The molecule has 0 bridgehead atoms. The Morgan fingerprint density at radius 2 is 1.96 bits per heavy atom. The summed E-state index contributed by atoms with van der Waals surface area (Å²) in [5.41, 5.74) is 3.69. The van der Waals surface area contributed by atoms with E-state index in [2.05, 4.69) is 4.98 Å². The molecule has 1 saturated heterocycles. The minimum absolute atomic E-state index is 0.00784. The van der Waals surface area contributed by atoms with E-state index in [4.69, 9.17) is 14.5 Å². The van der Waals surface area contributed by atoms with Gasteiger partial charge in [-0.05, 0) is 30.7 Å². The van der Waals surface area contributed by atoms with Crippen molar-refractivity contribution in [2.75, 3.05) is 13.2 Å². The van der Waals surface area contributed by atoms with Crippen LogP contribution in [0.3, 0.4) is 0 Å². The molecule has 2 aliphatic heterocycles. The third-order valence-electron chi connectivity index (χ3n) is 5.50. The zero-order chi connectivity index (χ0) is 18.4. The number of nitrogens with zero attached hydrogens (tertiary/aromatic N) is 3. The number of rotatable bonds is 1. The van der Waals surface area contributed by atoms with Gasteiger partial charge in [0.1, 0.15) is 5.82 Å². The first-order valence-corrected chi connectivity index (χ1v) is 9.38. The predicted octanol–water partition coefficient (Wildman–Crippen LogP) is 2.85. The van der Waals surface area contributed by atoms with E-state index in [1.165, 1.54) is 0 Å². The lowest BCUT2D eigenvalue weighted by atomic mass is 10.1. The van der Waals surface area contributed by atoms with Crippen molar-refractivity contribution < 1.29 is 9.47 Å². The van der Waals surface area contributed by atoms with Crippen LogP contribution in [0.15, 0.2) is 41.3 Å². The molecule has 2 aliphatic rings. The van der Waals surface area contributed by atoms with E-state index in [0.717, 1.165) is 34.6 Å². The summed E-state index contributed by atoms with van der Waals surface area (Å²) >= 11 is 0. The Morgan fingerprint density at radius 3 is 2.74 bits per heavy atom. The molecule has 1 aromatic carbocycles. The van der Waals surface area contributed by atoms with E-state index < -0.39 is 5.79 Å². The summed E-state index contributed by atoms with van der Waals surface area (Å²) in [4.78, 5) is 22.4. The first kappa shape index (κ1) is 16.6. The largest absolute Gasteiger partial charge is 0.347 e. The van der Waals surface area contributed by atoms with E-state index in [-0.39, 0.29) is 5.56 Å². The molecule has 0 atom stereocenters. The summed E-state index contributed by atoms with van der Waals surface area (Å²) in [7, 11) is 0. The lowest BCUT2D eigenvalue weighted by Crippen LogP contribution is -2.31. The number of pyridine rings is 1. The number of hydrogen-bond donors (Lipinski definition) is 0. The van der Waals surface area contributed by atoms with Crippen LogP contribution in [0, 0.1) is 6.92 Å². The average molecular weight is 363 g/mol. The summed E-state index contributed by atoms with van der Waals surface area (Å²) in [5.74, 6) is 0.251. The van der Waals surface area contributed by atoms with Crippen LogP contribution < -0.4 is 5.56 Å². The molecular formula is C21H21N3O3. The smallest absolute Gasteiger partial charge is 0.261 e. The molecule has 1 spiro atoms. The van der Waals surface area contributed by atoms with Gasteiger partial charge in [-0.2, -0.15) is 0 Å². The molecule has 6 nitrogen and oxygen atoms in total. The van der Waals surface area contributed by atoms with Gasteiger partial charge in [0.15, 0.2) is 5.79 Å². The van der Waals surface area contributed by atoms with Crippen molar-refractivity contribution in [2.45, 2.75) is 38.5 Å². The number of aryl methyl sites for hydroxylation is 2. The number of aromatic nitrogens is 3. The molecule has 5 rings (SSSR count). The van der Waals surface area contributed by atoms with Crippen LogP contribution >= 0.6 is 0 Å². The maximum absolute atomic E-state index is 13.0. The number of fused-ring (bicyclic) bond motifs is 2. The van der Waals surface area contributed by atoms with Crippen LogP contribution in [0.1, 0.15) is 24.2 Å². The molecule has 1 fully saturated rings. The van der Waals surface area contributed by atoms with Crippen molar-refractivity contribution in [3.63, 3.8) is 0 Å². The number of benzene rings is 1. The van der Waals surface area contributed by atoms with Crippen LogP contribution in [0.2, 0.25) is 0 Å². The summed E-state index contributed by atoms with van der Waals surface area (Å²) in [6, 6.07) is 9.78. The standard InChI is InChI=1S/C21H21N3O3/c1-14-2-5-17(22-13-14)15-3-4-16-18(12-15)23-19-6-7-21(26-10-11-27-21)8-9-24(19)20(16)25/h2-5,12-13H,6-11H2,1H3. The van der Waals surface area contributed by atoms with Crippen LogP contribution in [0.5, 0.6) is 0 Å². The van der Waals surface area contributed by atoms with E-state index in [9.17, 15) is 4.79 Å². The highest BCUT2D eigenvalue weighted by Gasteiger charge is 2.38. The van der Waals surface area contributed by atoms with Gasteiger partial charge in [0, 0.05) is 37.6 Å². The molecule has 138 valence electrons. The SMILES string of the molecule is Cc1ccc(-c2ccc3c(=O)n4c(nc3c2)CCC2(CC4)OCCO2)nc1. The van der Waals surface area contributed by atoms with E-state index in [1.54, 1.807) is 4.57 Å². The van der Waals surface area contributed by atoms with Crippen molar-refractivity contribution in [3.8, 4) is 11.3 Å². The molecule has 2 aromatic heterocycles. The average Bonchev–Trinajstić information content (AvgIpc) is 3.07. The third-order valence-corrected chi connectivity index (χ3v) is 5.50. The fourth-order valence-electron chi connectivity index (χ4n) is 3.98. The van der Waals surface area contributed by atoms with Crippen LogP contribution in [0.25, 0.3) is 22.2 Å². The Balaban J connectivity index is 1.58. The molecule has 0 radical (unpaired) electrons. The van der Waals surface area contributed by atoms with Gasteiger partial charge in [-0.25, -0.2) is 4.98 Å². The predicted molar refractivity (Wildman–Crippen MR) is 102 cm³/mol. The molecule has 0 unspecified atom stereocenters. The van der Waals surface area contributed by atoms with Crippen LogP contribution in [-0.4, -0.2) is 33.5 Å².